The second kappa shape index (κ2) is 5.39. The molecule has 1 saturated carbocycles. The van der Waals surface area contributed by atoms with Crippen molar-refractivity contribution in [2.75, 3.05) is 6.61 Å². The highest BCUT2D eigenvalue weighted by molar-refractivity contribution is 5.83. The van der Waals surface area contributed by atoms with E-state index in [0.717, 1.165) is 29.5 Å². The van der Waals surface area contributed by atoms with Crippen LogP contribution in [0.15, 0.2) is 36.5 Å². The number of ketones is 1. The normalized spacial score (nSPS) is 15.8. The van der Waals surface area contributed by atoms with E-state index in [-0.39, 0.29) is 18.3 Å². The molecule has 0 bridgehead atoms. The maximum atomic E-state index is 11.9. The first-order valence-electron chi connectivity index (χ1n) is 6.83. The van der Waals surface area contributed by atoms with Gasteiger partial charge in [-0.1, -0.05) is 18.9 Å². The van der Waals surface area contributed by atoms with E-state index in [9.17, 15) is 4.79 Å². The van der Waals surface area contributed by atoms with E-state index in [1.807, 2.05) is 30.3 Å². The van der Waals surface area contributed by atoms with Crippen LogP contribution in [0.25, 0.3) is 10.9 Å². The van der Waals surface area contributed by atoms with Crippen LogP contribution in [-0.4, -0.2) is 17.4 Å². The Labute approximate surface area is 112 Å². The van der Waals surface area contributed by atoms with Gasteiger partial charge in [-0.15, -0.1) is 0 Å². The van der Waals surface area contributed by atoms with Crippen molar-refractivity contribution in [1.29, 1.82) is 0 Å². The highest BCUT2D eigenvalue weighted by Gasteiger charge is 2.22. The van der Waals surface area contributed by atoms with E-state index < -0.39 is 0 Å². The van der Waals surface area contributed by atoms with E-state index in [1.165, 1.54) is 12.8 Å². The van der Waals surface area contributed by atoms with E-state index in [0.29, 0.717) is 0 Å². The van der Waals surface area contributed by atoms with Crippen molar-refractivity contribution < 1.29 is 9.53 Å². The second-order valence-corrected chi connectivity index (χ2v) is 5.09. The Morgan fingerprint density at radius 3 is 2.95 bits per heavy atom. The van der Waals surface area contributed by atoms with Crippen molar-refractivity contribution in [2.24, 2.45) is 5.92 Å². The molecule has 3 nitrogen and oxygen atoms in total. The van der Waals surface area contributed by atoms with Gasteiger partial charge in [-0.3, -0.25) is 9.78 Å². The van der Waals surface area contributed by atoms with Crippen molar-refractivity contribution in [3.8, 4) is 5.75 Å². The highest BCUT2D eigenvalue weighted by Crippen LogP contribution is 2.26. The zero-order chi connectivity index (χ0) is 13.1. The third kappa shape index (κ3) is 2.75. The highest BCUT2D eigenvalue weighted by atomic mass is 16.5. The molecule has 1 fully saturated rings. The molecule has 0 N–H and O–H groups in total. The number of pyridine rings is 1. The average Bonchev–Trinajstić information content (AvgIpc) is 2.99. The second-order valence-electron chi connectivity index (χ2n) is 5.09. The summed E-state index contributed by atoms with van der Waals surface area (Å²) in [5, 5.41) is 1.08. The number of aromatic nitrogens is 1. The summed E-state index contributed by atoms with van der Waals surface area (Å²) >= 11 is 0. The van der Waals surface area contributed by atoms with Crippen LogP contribution in [0.2, 0.25) is 0 Å². The number of Topliss-reactive ketones (excluding diaryl/α,β-unsaturated/α-hetero) is 1. The molecule has 0 atom stereocenters. The maximum absolute atomic E-state index is 11.9. The predicted octanol–water partition coefficient (Wildman–Crippen LogP) is 3.37. The van der Waals surface area contributed by atoms with Gasteiger partial charge < -0.3 is 4.74 Å². The molecule has 0 spiro atoms. The number of nitrogens with zero attached hydrogens (tertiary/aromatic N) is 1. The largest absolute Gasteiger partial charge is 0.486 e. The lowest BCUT2D eigenvalue weighted by Crippen LogP contribution is -2.19. The van der Waals surface area contributed by atoms with Crippen molar-refractivity contribution >= 4 is 16.7 Å². The summed E-state index contributed by atoms with van der Waals surface area (Å²) in [6, 6.07) is 9.67. The molecule has 0 radical (unpaired) electrons. The molecule has 0 amide bonds. The molecule has 1 heterocycles. The van der Waals surface area contributed by atoms with Gasteiger partial charge in [0.1, 0.15) is 12.4 Å². The van der Waals surface area contributed by atoms with Crippen molar-refractivity contribution in [1.82, 2.24) is 4.98 Å². The monoisotopic (exact) mass is 255 g/mol. The number of rotatable bonds is 4. The number of hydrogen-bond donors (Lipinski definition) is 0. The number of ether oxygens (including phenoxy) is 1. The quantitative estimate of drug-likeness (QED) is 0.840. The Hall–Kier alpha value is -1.90. The third-order valence-electron chi connectivity index (χ3n) is 3.77. The molecular formula is C16H17NO2. The molecule has 0 aliphatic heterocycles. The number of hydrogen-bond acceptors (Lipinski definition) is 3. The van der Waals surface area contributed by atoms with Gasteiger partial charge in [0.15, 0.2) is 5.78 Å². The molecule has 1 aliphatic rings. The van der Waals surface area contributed by atoms with Crippen LogP contribution in [-0.2, 0) is 4.79 Å². The lowest BCUT2D eigenvalue weighted by Gasteiger charge is -2.10. The van der Waals surface area contributed by atoms with Gasteiger partial charge >= 0.3 is 0 Å². The molecule has 0 unspecified atom stereocenters. The van der Waals surface area contributed by atoms with E-state index in [4.69, 9.17) is 4.74 Å². The van der Waals surface area contributed by atoms with Gasteiger partial charge in [0.2, 0.25) is 0 Å². The van der Waals surface area contributed by atoms with Crippen molar-refractivity contribution in [2.45, 2.75) is 25.7 Å². The topological polar surface area (TPSA) is 39.2 Å². The third-order valence-corrected chi connectivity index (χ3v) is 3.77. The molecular weight excluding hydrogens is 238 g/mol. The summed E-state index contributed by atoms with van der Waals surface area (Å²) in [4.78, 5) is 16.2. The zero-order valence-electron chi connectivity index (χ0n) is 10.8. The minimum Gasteiger partial charge on any atom is -0.486 e. The SMILES string of the molecule is O=C(COc1ccc2cccnc2c1)C1CCCC1. The summed E-state index contributed by atoms with van der Waals surface area (Å²) in [6.07, 6.45) is 6.17. The van der Waals surface area contributed by atoms with Gasteiger partial charge in [0, 0.05) is 23.6 Å². The predicted molar refractivity (Wildman–Crippen MR) is 74.2 cm³/mol. The first-order valence-corrected chi connectivity index (χ1v) is 6.83. The van der Waals surface area contributed by atoms with Crippen LogP contribution < -0.4 is 4.74 Å². The molecule has 3 heteroatoms. The fourth-order valence-electron chi connectivity index (χ4n) is 2.66. The number of benzene rings is 1. The summed E-state index contributed by atoms with van der Waals surface area (Å²) < 4.78 is 5.60. The molecule has 19 heavy (non-hydrogen) atoms. The van der Waals surface area contributed by atoms with Gasteiger partial charge in [0.05, 0.1) is 5.52 Å². The number of carbonyl (C=O) groups excluding carboxylic acids is 1. The van der Waals surface area contributed by atoms with E-state index >= 15 is 0 Å². The number of fused-ring (bicyclic) bond motifs is 1. The Balaban J connectivity index is 1.66. The van der Waals surface area contributed by atoms with Gasteiger partial charge in [-0.05, 0) is 31.0 Å². The summed E-state index contributed by atoms with van der Waals surface area (Å²) in [6.45, 7) is 0.184. The summed E-state index contributed by atoms with van der Waals surface area (Å²) in [5.41, 5.74) is 0.897. The Morgan fingerprint density at radius 1 is 1.26 bits per heavy atom. The fraction of sp³-hybridized carbons (Fsp3) is 0.375. The minimum absolute atomic E-state index is 0.184. The first kappa shape index (κ1) is 12.2. The molecule has 98 valence electrons. The maximum Gasteiger partial charge on any atom is 0.173 e. The molecule has 1 aliphatic carbocycles. The average molecular weight is 255 g/mol. The van der Waals surface area contributed by atoms with Crippen LogP contribution in [0.5, 0.6) is 5.75 Å². The molecule has 2 aromatic rings. The van der Waals surface area contributed by atoms with Crippen LogP contribution in [0.3, 0.4) is 0 Å². The number of carbonyl (C=O) groups is 1. The zero-order valence-corrected chi connectivity index (χ0v) is 10.8. The van der Waals surface area contributed by atoms with Crippen molar-refractivity contribution in [3.05, 3.63) is 36.5 Å². The van der Waals surface area contributed by atoms with E-state index in [2.05, 4.69) is 4.98 Å². The van der Waals surface area contributed by atoms with E-state index in [1.54, 1.807) is 6.20 Å². The van der Waals surface area contributed by atoms with Crippen LogP contribution in [0.4, 0.5) is 0 Å². The minimum atomic E-state index is 0.184. The first-order chi connectivity index (χ1) is 9.33. The lowest BCUT2D eigenvalue weighted by atomic mass is 10.0. The Morgan fingerprint density at radius 2 is 2.11 bits per heavy atom. The Bertz CT molecular complexity index is 588. The molecule has 1 aromatic carbocycles. The lowest BCUT2D eigenvalue weighted by molar-refractivity contribution is -0.124. The molecule has 3 rings (SSSR count). The van der Waals surface area contributed by atoms with Gasteiger partial charge in [0.25, 0.3) is 0 Å². The molecule has 1 aromatic heterocycles. The smallest absolute Gasteiger partial charge is 0.173 e. The van der Waals surface area contributed by atoms with Gasteiger partial charge in [-0.25, -0.2) is 0 Å². The van der Waals surface area contributed by atoms with Crippen LogP contribution >= 0.6 is 0 Å². The summed E-state index contributed by atoms with van der Waals surface area (Å²) in [5.74, 6) is 1.18. The standard InChI is InChI=1S/C16H17NO2/c18-16(13-4-1-2-5-13)11-19-14-8-7-12-6-3-9-17-15(12)10-14/h3,6-10,13H,1-2,4-5,11H2. The van der Waals surface area contributed by atoms with Crippen LogP contribution in [0, 0.1) is 5.92 Å². The van der Waals surface area contributed by atoms with Crippen LogP contribution in [0.1, 0.15) is 25.7 Å². The van der Waals surface area contributed by atoms with Crippen molar-refractivity contribution in [3.63, 3.8) is 0 Å². The fourth-order valence-corrected chi connectivity index (χ4v) is 2.66. The summed E-state index contributed by atoms with van der Waals surface area (Å²) in [7, 11) is 0. The Kier molecular flexibility index (Phi) is 3.45. The van der Waals surface area contributed by atoms with Gasteiger partial charge in [-0.2, -0.15) is 0 Å². The molecule has 0 saturated heterocycles.